The third-order valence-electron chi connectivity index (χ3n) is 3.35. The van der Waals surface area contributed by atoms with Crippen LogP contribution in [0.4, 0.5) is 0 Å². The van der Waals surface area contributed by atoms with Gasteiger partial charge in [-0.2, -0.15) is 10.2 Å². The van der Waals surface area contributed by atoms with Crippen molar-refractivity contribution in [1.82, 2.24) is 20.5 Å². The van der Waals surface area contributed by atoms with E-state index in [0.29, 0.717) is 0 Å². The summed E-state index contributed by atoms with van der Waals surface area (Å²) < 4.78 is 4.82. The SMILES string of the molecule is c1ccc(-c2cc3c(nn2)CCc2nonc2-3)cc1. The number of hydrogen-bond acceptors (Lipinski definition) is 5. The molecule has 0 saturated carbocycles. The van der Waals surface area contributed by atoms with Gasteiger partial charge in [-0.1, -0.05) is 35.5 Å². The minimum Gasteiger partial charge on any atom is -0.244 e. The number of rotatable bonds is 1. The summed E-state index contributed by atoms with van der Waals surface area (Å²) in [7, 11) is 0. The lowest BCUT2D eigenvalue weighted by molar-refractivity contribution is 0.305. The Bertz CT molecular complexity index is 736. The van der Waals surface area contributed by atoms with Crippen LogP contribution in [0.5, 0.6) is 0 Å². The molecule has 0 N–H and O–H groups in total. The van der Waals surface area contributed by atoms with Crippen molar-refractivity contribution in [2.45, 2.75) is 12.8 Å². The number of fused-ring (bicyclic) bond motifs is 3. The van der Waals surface area contributed by atoms with E-state index in [1.165, 1.54) is 0 Å². The first-order valence-corrected chi connectivity index (χ1v) is 6.15. The van der Waals surface area contributed by atoms with Gasteiger partial charge in [0.05, 0.1) is 11.4 Å². The second kappa shape index (κ2) is 3.98. The van der Waals surface area contributed by atoms with Gasteiger partial charge in [0.15, 0.2) is 0 Å². The van der Waals surface area contributed by atoms with Gasteiger partial charge in [-0.15, -0.1) is 0 Å². The zero-order chi connectivity index (χ0) is 12.7. The molecule has 5 heteroatoms. The van der Waals surface area contributed by atoms with E-state index in [1.807, 2.05) is 36.4 Å². The lowest BCUT2D eigenvalue weighted by Crippen LogP contribution is -2.07. The van der Waals surface area contributed by atoms with Crippen LogP contribution in [0.1, 0.15) is 11.4 Å². The van der Waals surface area contributed by atoms with Gasteiger partial charge in [0.25, 0.3) is 0 Å². The summed E-state index contributed by atoms with van der Waals surface area (Å²) in [5.41, 5.74) is 5.53. The minimum atomic E-state index is 0.799. The van der Waals surface area contributed by atoms with E-state index >= 15 is 0 Å². The molecule has 0 fully saturated rings. The lowest BCUT2D eigenvalue weighted by atomic mass is 9.96. The van der Waals surface area contributed by atoms with Gasteiger partial charge in [0.2, 0.25) is 0 Å². The van der Waals surface area contributed by atoms with Crippen LogP contribution in [0.25, 0.3) is 22.5 Å². The summed E-state index contributed by atoms with van der Waals surface area (Å²) in [4.78, 5) is 0. The Kier molecular flexibility index (Phi) is 2.17. The molecule has 19 heavy (non-hydrogen) atoms. The highest BCUT2D eigenvalue weighted by molar-refractivity contribution is 5.71. The predicted molar refractivity (Wildman–Crippen MR) is 68.2 cm³/mol. The van der Waals surface area contributed by atoms with Crippen LogP contribution in [0, 0.1) is 0 Å². The molecule has 2 heterocycles. The third-order valence-corrected chi connectivity index (χ3v) is 3.35. The summed E-state index contributed by atoms with van der Waals surface area (Å²) in [6.07, 6.45) is 1.64. The van der Waals surface area contributed by atoms with Gasteiger partial charge in [0.1, 0.15) is 11.4 Å². The van der Waals surface area contributed by atoms with Crippen LogP contribution < -0.4 is 0 Å². The Hall–Kier alpha value is -2.56. The van der Waals surface area contributed by atoms with Crippen molar-refractivity contribution in [1.29, 1.82) is 0 Å². The number of aryl methyl sites for hydroxylation is 2. The standard InChI is InChI=1S/C14H10N4O/c1-2-4-9(5-3-1)13-8-10-11(15-16-13)6-7-12-14(10)18-19-17-12/h1-5,8H,6-7H2. The minimum absolute atomic E-state index is 0.799. The summed E-state index contributed by atoms with van der Waals surface area (Å²) in [6, 6.07) is 12.0. The van der Waals surface area contributed by atoms with Crippen molar-refractivity contribution in [3.8, 4) is 22.5 Å². The molecular weight excluding hydrogens is 240 g/mol. The van der Waals surface area contributed by atoms with Gasteiger partial charge in [-0.05, 0) is 17.6 Å². The average molecular weight is 250 g/mol. The van der Waals surface area contributed by atoms with Crippen molar-refractivity contribution in [3.05, 3.63) is 47.8 Å². The molecule has 92 valence electrons. The zero-order valence-electron chi connectivity index (χ0n) is 10.1. The van der Waals surface area contributed by atoms with Crippen molar-refractivity contribution >= 4 is 0 Å². The molecule has 0 saturated heterocycles. The number of hydrogen-bond donors (Lipinski definition) is 0. The molecule has 4 rings (SSSR count). The molecular formula is C14H10N4O. The van der Waals surface area contributed by atoms with Crippen LogP contribution in [0.15, 0.2) is 41.0 Å². The van der Waals surface area contributed by atoms with Crippen molar-refractivity contribution < 1.29 is 4.63 Å². The Morgan fingerprint density at radius 2 is 1.74 bits per heavy atom. The first kappa shape index (κ1) is 10.4. The van der Waals surface area contributed by atoms with Gasteiger partial charge >= 0.3 is 0 Å². The molecule has 0 amide bonds. The second-order valence-electron chi connectivity index (χ2n) is 4.52. The highest BCUT2D eigenvalue weighted by atomic mass is 16.6. The molecule has 1 aliphatic rings. The molecule has 0 atom stereocenters. The smallest absolute Gasteiger partial charge is 0.140 e. The summed E-state index contributed by atoms with van der Waals surface area (Å²) in [6.45, 7) is 0. The number of benzene rings is 1. The average Bonchev–Trinajstić information content (AvgIpc) is 2.96. The quantitative estimate of drug-likeness (QED) is 0.663. The molecule has 0 radical (unpaired) electrons. The maximum atomic E-state index is 4.82. The molecule has 1 aliphatic carbocycles. The third kappa shape index (κ3) is 1.62. The summed E-state index contributed by atoms with van der Waals surface area (Å²) >= 11 is 0. The lowest BCUT2D eigenvalue weighted by Gasteiger charge is -2.12. The Balaban J connectivity index is 1.89. The molecule has 0 bridgehead atoms. The first-order valence-electron chi connectivity index (χ1n) is 6.15. The Labute approximate surface area is 109 Å². The topological polar surface area (TPSA) is 64.7 Å². The largest absolute Gasteiger partial charge is 0.244 e. The summed E-state index contributed by atoms with van der Waals surface area (Å²) in [5.74, 6) is 0. The van der Waals surface area contributed by atoms with E-state index < -0.39 is 0 Å². The molecule has 0 unspecified atom stereocenters. The fraction of sp³-hybridized carbons (Fsp3) is 0.143. The van der Waals surface area contributed by atoms with Crippen LogP contribution in [0.3, 0.4) is 0 Å². The van der Waals surface area contributed by atoms with Gasteiger partial charge < -0.3 is 0 Å². The van der Waals surface area contributed by atoms with Crippen LogP contribution in [-0.2, 0) is 12.8 Å². The predicted octanol–water partition coefficient (Wildman–Crippen LogP) is 2.29. The fourth-order valence-corrected chi connectivity index (χ4v) is 2.37. The van der Waals surface area contributed by atoms with E-state index in [4.69, 9.17) is 4.63 Å². The molecule has 5 nitrogen and oxygen atoms in total. The molecule has 1 aromatic carbocycles. The monoisotopic (exact) mass is 250 g/mol. The second-order valence-corrected chi connectivity index (χ2v) is 4.52. The van der Waals surface area contributed by atoms with E-state index in [9.17, 15) is 0 Å². The first-order chi connectivity index (χ1) is 9.42. The molecule has 0 spiro atoms. The van der Waals surface area contributed by atoms with E-state index in [-0.39, 0.29) is 0 Å². The molecule has 2 aromatic heterocycles. The molecule has 3 aromatic rings. The highest BCUT2D eigenvalue weighted by Gasteiger charge is 2.23. The number of aromatic nitrogens is 4. The van der Waals surface area contributed by atoms with Crippen molar-refractivity contribution in [3.63, 3.8) is 0 Å². The Morgan fingerprint density at radius 3 is 2.63 bits per heavy atom. The fourth-order valence-electron chi connectivity index (χ4n) is 2.37. The van der Waals surface area contributed by atoms with Crippen molar-refractivity contribution in [2.24, 2.45) is 0 Å². The van der Waals surface area contributed by atoms with Crippen LogP contribution >= 0.6 is 0 Å². The van der Waals surface area contributed by atoms with E-state index in [0.717, 1.165) is 46.7 Å². The zero-order valence-corrected chi connectivity index (χ0v) is 10.1. The van der Waals surface area contributed by atoms with Crippen LogP contribution in [0.2, 0.25) is 0 Å². The Morgan fingerprint density at radius 1 is 0.895 bits per heavy atom. The van der Waals surface area contributed by atoms with Crippen molar-refractivity contribution in [2.75, 3.05) is 0 Å². The van der Waals surface area contributed by atoms with Crippen LogP contribution in [-0.4, -0.2) is 20.5 Å². The maximum Gasteiger partial charge on any atom is 0.140 e. The van der Waals surface area contributed by atoms with Gasteiger partial charge in [-0.3, -0.25) is 0 Å². The van der Waals surface area contributed by atoms with E-state index in [1.54, 1.807) is 0 Å². The number of nitrogens with zero attached hydrogens (tertiary/aromatic N) is 4. The van der Waals surface area contributed by atoms with Gasteiger partial charge in [0, 0.05) is 17.5 Å². The normalized spacial score (nSPS) is 12.8. The highest BCUT2D eigenvalue weighted by Crippen LogP contribution is 2.31. The summed E-state index contributed by atoms with van der Waals surface area (Å²) in [5, 5.41) is 16.5. The van der Waals surface area contributed by atoms with Gasteiger partial charge in [-0.25, -0.2) is 4.63 Å². The maximum absolute atomic E-state index is 4.82. The molecule has 0 aliphatic heterocycles. The van der Waals surface area contributed by atoms with E-state index in [2.05, 4.69) is 20.5 Å².